The zero-order valence-corrected chi connectivity index (χ0v) is 11.4. The van der Waals surface area contributed by atoms with Gasteiger partial charge in [-0.1, -0.05) is 17.7 Å². The lowest BCUT2D eigenvalue weighted by atomic mass is 10.2. The van der Waals surface area contributed by atoms with Gasteiger partial charge in [0.15, 0.2) is 5.65 Å². The summed E-state index contributed by atoms with van der Waals surface area (Å²) in [6.07, 6.45) is 3.05. The Balaban J connectivity index is 1.97. The smallest absolute Gasteiger partial charge is 0.239 e. The van der Waals surface area contributed by atoms with E-state index in [1.54, 1.807) is 6.20 Å². The molecule has 106 valence electrons. The summed E-state index contributed by atoms with van der Waals surface area (Å²) in [5.74, 6) is 0.172. The predicted molar refractivity (Wildman–Crippen MR) is 79.0 cm³/mol. The monoisotopic (exact) mass is 282 g/mol. The highest BCUT2D eigenvalue weighted by Gasteiger charge is 2.11. The number of anilines is 2. The Kier molecular flexibility index (Phi) is 3.23. The van der Waals surface area contributed by atoms with Gasteiger partial charge in [-0.05, 0) is 19.1 Å². The largest absolute Gasteiger partial charge is 0.368 e. The second kappa shape index (κ2) is 5.20. The Morgan fingerprint density at radius 3 is 2.76 bits per heavy atom. The second-order valence-electron chi connectivity index (χ2n) is 4.72. The molecule has 21 heavy (non-hydrogen) atoms. The molecule has 7 heteroatoms. The maximum absolute atomic E-state index is 11.0. The number of carbonyl (C=O) groups excluding carboxylic acids is 1. The molecule has 1 amide bonds. The Morgan fingerprint density at radius 1 is 1.29 bits per heavy atom. The Labute approximate surface area is 120 Å². The molecule has 0 aliphatic heterocycles. The summed E-state index contributed by atoms with van der Waals surface area (Å²) in [4.78, 5) is 19.4. The fourth-order valence-corrected chi connectivity index (χ4v) is 2.03. The van der Waals surface area contributed by atoms with Crippen LogP contribution in [0.25, 0.3) is 11.0 Å². The number of amides is 1. The molecule has 3 rings (SSSR count). The number of aromatic nitrogens is 4. The molecule has 0 atom stereocenters. The van der Waals surface area contributed by atoms with Crippen molar-refractivity contribution in [1.29, 1.82) is 0 Å². The van der Waals surface area contributed by atoms with Gasteiger partial charge in [-0.25, -0.2) is 14.6 Å². The van der Waals surface area contributed by atoms with Gasteiger partial charge in [0.2, 0.25) is 5.91 Å². The van der Waals surface area contributed by atoms with Crippen molar-refractivity contribution in [1.82, 2.24) is 19.7 Å². The van der Waals surface area contributed by atoms with E-state index in [2.05, 4.69) is 20.4 Å². The average molecular weight is 282 g/mol. The zero-order chi connectivity index (χ0) is 14.8. The molecule has 0 bridgehead atoms. The molecule has 0 aliphatic carbocycles. The Bertz CT molecular complexity index is 793. The SMILES string of the molecule is Cc1ccc(Nc2ncnc3c2cnn3CC(N)=O)cc1. The Hall–Kier alpha value is -2.96. The number of aryl methyl sites for hydroxylation is 1. The summed E-state index contributed by atoms with van der Waals surface area (Å²) in [5.41, 5.74) is 7.86. The summed E-state index contributed by atoms with van der Waals surface area (Å²) in [6.45, 7) is 2.02. The number of benzene rings is 1. The van der Waals surface area contributed by atoms with Crippen molar-refractivity contribution in [2.75, 3.05) is 5.32 Å². The minimum Gasteiger partial charge on any atom is -0.368 e. The van der Waals surface area contributed by atoms with Gasteiger partial charge in [-0.2, -0.15) is 5.10 Å². The van der Waals surface area contributed by atoms with Crippen LogP contribution >= 0.6 is 0 Å². The van der Waals surface area contributed by atoms with Gasteiger partial charge >= 0.3 is 0 Å². The summed E-state index contributed by atoms with van der Waals surface area (Å²) < 4.78 is 1.46. The predicted octanol–water partition coefficient (Wildman–Crippen LogP) is 1.36. The van der Waals surface area contributed by atoms with Crippen molar-refractivity contribution in [2.24, 2.45) is 5.73 Å². The second-order valence-corrected chi connectivity index (χ2v) is 4.72. The van der Waals surface area contributed by atoms with Crippen LogP contribution in [0.3, 0.4) is 0 Å². The van der Waals surface area contributed by atoms with Crippen molar-refractivity contribution in [3.05, 3.63) is 42.4 Å². The number of nitrogens with zero attached hydrogens (tertiary/aromatic N) is 4. The number of nitrogens with one attached hydrogen (secondary N) is 1. The lowest BCUT2D eigenvalue weighted by Gasteiger charge is -2.06. The number of nitrogens with two attached hydrogens (primary N) is 1. The molecule has 0 saturated heterocycles. The first-order valence-corrected chi connectivity index (χ1v) is 6.42. The summed E-state index contributed by atoms with van der Waals surface area (Å²) in [6, 6.07) is 7.96. The maximum atomic E-state index is 11.0. The van der Waals surface area contributed by atoms with Crippen molar-refractivity contribution >= 4 is 28.4 Å². The summed E-state index contributed by atoms with van der Waals surface area (Å²) >= 11 is 0. The Morgan fingerprint density at radius 2 is 2.05 bits per heavy atom. The lowest BCUT2D eigenvalue weighted by Crippen LogP contribution is -2.19. The van der Waals surface area contributed by atoms with Crippen molar-refractivity contribution in [3.8, 4) is 0 Å². The van der Waals surface area contributed by atoms with Crippen LogP contribution in [0.2, 0.25) is 0 Å². The molecular formula is C14H14N6O. The number of carbonyl (C=O) groups is 1. The fourth-order valence-electron chi connectivity index (χ4n) is 2.03. The van der Waals surface area contributed by atoms with Gasteiger partial charge in [-0.3, -0.25) is 4.79 Å². The molecular weight excluding hydrogens is 268 g/mol. The third-order valence-electron chi connectivity index (χ3n) is 3.05. The van der Waals surface area contributed by atoms with Gasteiger partial charge in [0.1, 0.15) is 18.7 Å². The molecule has 0 fully saturated rings. The number of primary amides is 1. The van der Waals surface area contributed by atoms with Gasteiger partial charge < -0.3 is 11.1 Å². The molecule has 0 spiro atoms. The number of fused-ring (bicyclic) bond motifs is 1. The number of hydrogen-bond donors (Lipinski definition) is 2. The van der Waals surface area contributed by atoms with Crippen LogP contribution in [0.1, 0.15) is 5.56 Å². The summed E-state index contributed by atoms with van der Waals surface area (Å²) in [5, 5.41) is 8.08. The molecule has 0 radical (unpaired) electrons. The van der Waals surface area contributed by atoms with Crippen LogP contribution < -0.4 is 11.1 Å². The number of rotatable bonds is 4. The molecule has 3 aromatic rings. The first kappa shape index (κ1) is 13.0. The minimum atomic E-state index is -0.466. The first-order chi connectivity index (χ1) is 10.1. The standard InChI is InChI=1S/C14H14N6O/c1-9-2-4-10(5-3-9)19-13-11-6-18-20(7-12(15)21)14(11)17-8-16-13/h2-6,8H,7H2,1H3,(H2,15,21)(H,16,17,19). The van der Waals surface area contributed by atoms with E-state index in [0.717, 1.165) is 11.1 Å². The molecule has 1 aromatic carbocycles. The van der Waals surface area contributed by atoms with Gasteiger partial charge in [0.05, 0.1) is 11.6 Å². The van der Waals surface area contributed by atoms with Crippen LogP contribution in [0.5, 0.6) is 0 Å². The van der Waals surface area contributed by atoms with E-state index in [0.29, 0.717) is 11.5 Å². The maximum Gasteiger partial charge on any atom is 0.239 e. The first-order valence-electron chi connectivity index (χ1n) is 6.42. The molecule has 0 aliphatic rings. The van der Waals surface area contributed by atoms with Gasteiger partial charge in [-0.15, -0.1) is 0 Å². The van der Waals surface area contributed by atoms with E-state index in [9.17, 15) is 4.79 Å². The van der Waals surface area contributed by atoms with E-state index in [-0.39, 0.29) is 6.54 Å². The van der Waals surface area contributed by atoms with Crippen LogP contribution in [0.15, 0.2) is 36.8 Å². The zero-order valence-electron chi connectivity index (χ0n) is 11.4. The van der Waals surface area contributed by atoms with E-state index >= 15 is 0 Å². The molecule has 7 nitrogen and oxygen atoms in total. The fraction of sp³-hybridized carbons (Fsp3) is 0.143. The highest BCUT2D eigenvalue weighted by molar-refractivity contribution is 5.89. The van der Waals surface area contributed by atoms with Gasteiger partial charge in [0.25, 0.3) is 0 Å². The average Bonchev–Trinajstić information content (AvgIpc) is 2.85. The lowest BCUT2D eigenvalue weighted by molar-refractivity contribution is -0.118. The highest BCUT2D eigenvalue weighted by atomic mass is 16.1. The molecule has 0 unspecified atom stereocenters. The number of hydrogen-bond acceptors (Lipinski definition) is 5. The van der Waals surface area contributed by atoms with Crippen molar-refractivity contribution in [2.45, 2.75) is 13.5 Å². The van der Waals surface area contributed by atoms with E-state index in [1.165, 1.54) is 16.6 Å². The third-order valence-corrected chi connectivity index (χ3v) is 3.05. The normalized spacial score (nSPS) is 10.7. The minimum absolute atomic E-state index is 0.00944. The van der Waals surface area contributed by atoms with Crippen LogP contribution in [0.4, 0.5) is 11.5 Å². The van der Waals surface area contributed by atoms with E-state index in [4.69, 9.17) is 5.73 Å². The molecule has 2 heterocycles. The highest BCUT2D eigenvalue weighted by Crippen LogP contribution is 2.22. The van der Waals surface area contributed by atoms with Crippen LogP contribution in [0, 0.1) is 6.92 Å². The topological polar surface area (TPSA) is 98.7 Å². The molecule has 3 N–H and O–H groups in total. The van der Waals surface area contributed by atoms with Crippen molar-refractivity contribution in [3.63, 3.8) is 0 Å². The quantitative estimate of drug-likeness (QED) is 0.753. The van der Waals surface area contributed by atoms with Crippen LogP contribution in [-0.2, 0) is 11.3 Å². The summed E-state index contributed by atoms with van der Waals surface area (Å²) in [7, 11) is 0. The van der Waals surface area contributed by atoms with Crippen LogP contribution in [-0.4, -0.2) is 25.7 Å². The molecule has 0 saturated carbocycles. The third kappa shape index (κ3) is 2.66. The van der Waals surface area contributed by atoms with Gasteiger partial charge in [0, 0.05) is 5.69 Å². The van der Waals surface area contributed by atoms with E-state index < -0.39 is 5.91 Å². The van der Waals surface area contributed by atoms with E-state index in [1.807, 2.05) is 31.2 Å². The van der Waals surface area contributed by atoms with Crippen molar-refractivity contribution < 1.29 is 4.79 Å². The molecule has 2 aromatic heterocycles.